The maximum atomic E-state index is 12.1. The Morgan fingerprint density at radius 3 is 2.85 bits per heavy atom. The Morgan fingerprint density at radius 2 is 2.04 bits per heavy atom. The number of phenolic OH excluding ortho intramolecular Hbond substituents is 1. The van der Waals surface area contributed by atoms with E-state index in [0.29, 0.717) is 24.4 Å². The first-order chi connectivity index (χ1) is 12.7. The van der Waals surface area contributed by atoms with E-state index in [9.17, 15) is 9.90 Å². The van der Waals surface area contributed by atoms with E-state index in [-0.39, 0.29) is 18.1 Å². The minimum Gasteiger partial charge on any atom is -0.508 e. The van der Waals surface area contributed by atoms with Crippen molar-refractivity contribution in [2.75, 3.05) is 13.7 Å². The second-order valence-electron chi connectivity index (χ2n) is 5.82. The topological polar surface area (TPSA) is 84.6 Å². The van der Waals surface area contributed by atoms with Gasteiger partial charge in [-0.25, -0.2) is 0 Å². The molecule has 0 fully saturated rings. The third-order valence-electron chi connectivity index (χ3n) is 3.96. The molecule has 0 spiro atoms. The monoisotopic (exact) mass is 352 g/mol. The quantitative estimate of drug-likeness (QED) is 0.683. The minimum atomic E-state index is -0.147. The number of hydrogen-bond donors (Lipinski definition) is 2. The van der Waals surface area contributed by atoms with Gasteiger partial charge in [0.25, 0.3) is 0 Å². The van der Waals surface area contributed by atoms with Crippen molar-refractivity contribution >= 4 is 5.91 Å². The summed E-state index contributed by atoms with van der Waals surface area (Å²) in [4.78, 5) is 12.1. The highest BCUT2D eigenvalue weighted by Crippen LogP contribution is 2.24. The van der Waals surface area contributed by atoms with Crippen LogP contribution in [0.4, 0.5) is 0 Å². The van der Waals surface area contributed by atoms with Crippen LogP contribution in [0.1, 0.15) is 11.3 Å². The van der Waals surface area contributed by atoms with Crippen LogP contribution >= 0.6 is 0 Å². The fraction of sp³-hybridized carbons (Fsp3) is 0.200. The number of para-hydroxylation sites is 1. The van der Waals surface area contributed by atoms with Crippen molar-refractivity contribution < 1.29 is 19.2 Å². The van der Waals surface area contributed by atoms with Gasteiger partial charge in [0.15, 0.2) is 5.76 Å². The number of hydrogen-bond acceptors (Lipinski definition) is 5. The van der Waals surface area contributed by atoms with Crippen molar-refractivity contribution in [2.45, 2.75) is 12.8 Å². The van der Waals surface area contributed by atoms with E-state index in [1.54, 1.807) is 25.3 Å². The van der Waals surface area contributed by atoms with Gasteiger partial charge in [-0.3, -0.25) is 4.79 Å². The Balaban J connectivity index is 1.53. The van der Waals surface area contributed by atoms with Crippen molar-refractivity contribution in [3.8, 4) is 22.8 Å². The molecule has 134 valence electrons. The number of carbonyl (C=O) groups is 1. The standard InChI is InChI=1S/C20H20N2O4/c1-25-17-7-4-6-15(11-17)19-12-16(22-26-19)13-20(24)21-10-9-14-5-2-3-8-18(14)23/h2-8,11-12,23H,9-10,13H2,1H3,(H,21,24). The zero-order valence-corrected chi connectivity index (χ0v) is 14.4. The Labute approximate surface area is 151 Å². The predicted molar refractivity (Wildman–Crippen MR) is 97.0 cm³/mol. The summed E-state index contributed by atoms with van der Waals surface area (Å²) in [6.07, 6.45) is 0.695. The van der Waals surface area contributed by atoms with Gasteiger partial charge >= 0.3 is 0 Å². The first kappa shape index (κ1) is 17.5. The molecule has 0 aliphatic rings. The van der Waals surface area contributed by atoms with Crippen LogP contribution in [0.3, 0.4) is 0 Å². The van der Waals surface area contributed by atoms with Crippen LogP contribution in [0.2, 0.25) is 0 Å². The highest BCUT2D eigenvalue weighted by atomic mass is 16.5. The largest absolute Gasteiger partial charge is 0.508 e. The SMILES string of the molecule is COc1cccc(-c2cc(CC(=O)NCCc3ccccc3O)no2)c1. The normalized spacial score (nSPS) is 10.5. The molecule has 1 amide bonds. The van der Waals surface area contributed by atoms with Crippen molar-refractivity contribution in [3.63, 3.8) is 0 Å². The number of methoxy groups -OCH3 is 1. The van der Waals surface area contributed by atoms with Crippen LogP contribution in [0.5, 0.6) is 11.5 Å². The molecule has 0 saturated heterocycles. The maximum absolute atomic E-state index is 12.1. The van der Waals surface area contributed by atoms with Crippen LogP contribution in [-0.4, -0.2) is 29.8 Å². The summed E-state index contributed by atoms with van der Waals surface area (Å²) in [6.45, 7) is 0.441. The highest BCUT2D eigenvalue weighted by Gasteiger charge is 2.11. The van der Waals surface area contributed by atoms with Gasteiger partial charge in [0.05, 0.1) is 19.2 Å². The number of aromatic nitrogens is 1. The third kappa shape index (κ3) is 4.42. The lowest BCUT2D eigenvalue weighted by Crippen LogP contribution is -2.27. The summed E-state index contributed by atoms with van der Waals surface area (Å²) < 4.78 is 10.5. The van der Waals surface area contributed by atoms with E-state index >= 15 is 0 Å². The molecular weight excluding hydrogens is 332 g/mol. The van der Waals surface area contributed by atoms with Gasteiger partial charge in [0, 0.05) is 18.2 Å². The molecule has 6 heteroatoms. The molecule has 0 bridgehead atoms. The number of ether oxygens (including phenoxy) is 1. The summed E-state index contributed by atoms with van der Waals surface area (Å²) in [6, 6.07) is 16.3. The Bertz CT molecular complexity index is 889. The lowest BCUT2D eigenvalue weighted by molar-refractivity contribution is -0.120. The third-order valence-corrected chi connectivity index (χ3v) is 3.96. The number of nitrogens with zero attached hydrogens (tertiary/aromatic N) is 1. The van der Waals surface area contributed by atoms with E-state index in [0.717, 1.165) is 16.9 Å². The first-order valence-corrected chi connectivity index (χ1v) is 8.29. The van der Waals surface area contributed by atoms with Crippen LogP contribution in [0.25, 0.3) is 11.3 Å². The minimum absolute atomic E-state index is 0.133. The van der Waals surface area contributed by atoms with E-state index in [2.05, 4.69) is 10.5 Å². The highest BCUT2D eigenvalue weighted by molar-refractivity contribution is 5.78. The number of phenols is 1. The molecule has 0 aliphatic heterocycles. The molecule has 1 aromatic heterocycles. The molecule has 3 aromatic rings. The van der Waals surface area contributed by atoms with E-state index in [1.165, 1.54) is 0 Å². The molecule has 1 heterocycles. The molecule has 0 radical (unpaired) electrons. The van der Waals surface area contributed by atoms with Gasteiger partial charge in [-0.15, -0.1) is 0 Å². The average molecular weight is 352 g/mol. The number of aromatic hydroxyl groups is 1. The van der Waals surface area contributed by atoms with Crippen LogP contribution in [0, 0.1) is 0 Å². The first-order valence-electron chi connectivity index (χ1n) is 8.29. The van der Waals surface area contributed by atoms with Gasteiger partial charge < -0.3 is 19.7 Å². The van der Waals surface area contributed by atoms with Crippen LogP contribution < -0.4 is 10.1 Å². The predicted octanol–water partition coefficient (Wildman–Crippen LogP) is 2.96. The fourth-order valence-electron chi connectivity index (χ4n) is 2.59. The maximum Gasteiger partial charge on any atom is 0.226 e. The molecule has 3 rings (SSSR count). The lowest BCUT2D eigenvalue weighted by atomic mass is 10.1. The van der Waals surface area contributed by atoms with E-state index < -0.39 is 0 Å². The Morgan fingerprint density at radius 1 is 1.19 bits per heavy atom. The van der Waals surface area contributed by atoms with E-state index in [1.807, 2.05) is 36.4 Å². The van der Waals surface area contributed by atoms with Crippen LogP contribution in [0.15, 0.2) is 59.1 Å². The lowest BCUT2D eigenvalue weighted by Gasteiger charge is -2.05. The van der Waals surface area contributed by atoms with Gasteiger partial charge in [0.2, 0.25) is 5.91 Å². The zero-order chi connectivity index (χ0) is 18.4. The van der Waals surface area contributed by atoms with Gasteiger partial charge in [-0.1, -0.05) is 35.5 Å². The Hall–Kier alpha value is -3.28. The van der Waals surface area contributed by atoms with E-state index in [4.69, 9.17) is 9.26 Å². The number of benzene rings is 2. The van der Waals surface area contributed by atoms with Crippen molar-refractivity contribution in [1.82, 2.24) is 10.5 Å². The molecule has 2 aromatic carbocycles. The van der Waals surface area contributed by atoms with Crippen molar-refractivity contribution in [1.29, 1.82) is 0 Å². The van der Waals surface area contributed by atoms with Crippen molar-refractivity contribution in [3.05, 3.63) is 65.9 Å². The smallest absolute Gasteiger partial charge is 0.226 e. The van der Waals surface area contributed by atoms with Gasteiger partial charge in [-0.05, 0) is 30.2 Å². The van der Waals surface area contributed by atoms with Crippen LogP contribution in [-0.2, 0) is 17.6 Å². The van der Waals surface area contributed by atoms with Crippen molar-refractivity contribution in [2.24, 2.45) is 0 Å². The van der Waals surface area contributed by atoms with Gasteiger partial charge in [-0.2, -0.15) is 0 Å². The molecule has 0 aliphatic carbocycles. The summed E-state index contributed by atoms with van der Waals surface area (Å²) in [5.74, 6) is 1.40. The zero-order valence-electron chi connectivity index (χ0n) is 14.4. The molecule has 6 nitrogen and oxygen atoms in total. The molecule has 2 N–H and O–H groups in total. The summed E-state index contributed by atoms with van der Waals surface area (Å²) in [7, 11) is 1.60. The molecule has 26 heavy (non-hydrogen) atoms. The summed E-state index contributed by atoms with van der Waals surface area (Å²) >= 11 is 0. The second-order valence-corrected chi connectivity index (χ2v) is 5.82. The van der Waals surface area contributed by atoms with Gasteiger partial charge in [0.1, 0.15) is 11.5 Å². The summed E-state index contributed by atoms with van der Waals surface area (Å²) in [5.41, 5.74) is 2.19. The number of amides is 1. The molecule has 0 atom stereocenters. The number of rotatable bonds is 7. The second kappa shape index (κ2) is 8.20. The summed E-state index contributed by atoms with van der Waals surface area (Å²) in [5, 5.41) is 16.5. The molecular formula is C20H20N2O4. The molecule has 0 saturated carbocycles. The molecule has 0 unspecified atom stereocenters. The number of nitrogens with one attached hydrogen (secondary N) is 1. The average Bonchev–Trinajstić information content (AvgIpc) is 3.12. The Kier molecular flexibility index (Phi) is 5.53. The fourth-order valence-corrected chi connectivity index (χ4v) is 2.59. The number of carbonyl (C=O) groups excluding carboxylic acids is 1.